The lowest BCUT2D eigenvalue weighted by Gasteiger charge is -2.38. The Morgan fingerprint density at radius 3 is 2.23 bits per heavy atom. The van der Waals surface area contributed by atoms with Crippen LogP contribution in [0, 0.1) is 0 Å². The average Bonchev–Trinajstić information content (AvgIpc) is 2.77. The van der Waals surface area contributed by atoms with Gasteiger partial charge in [0.2, 0.25) is 0 Å². The zero-order chi connectivity index (χ0) is 22.8. The SMILES string of the molecule is COC(=O)C1=C(C(=O)OC)N(c2cc(C(F)(F)F)ccc2N2CCN(C)CC2)COC1. The molecule has 0 saturated carbocycles. The van der Waals surface area contributed by atoms with Crippen molar-refractivity contribution in [3.05, 3.63) is 35.0 Å². The summed E-state index contributed by atoms with van der Waals surface area (Å²) in [6.07, 6.45) is -4.59. The molecule has 170 valence electrons. The summed E-state index contributed by atoms with van der Waals surface area (Å²) in [6, 6.07) is 3.34. The van der Waals surface area contributed by atoms with Crippen molar-refractivity contribution < 1.29 is 37.0 Å². The van der Waals surface area contributed by atoms with Gasteiger partial charge in [-0.3, -0.25) is 0 Å². The minimum absolute atomic E-state index is 0.0980. The first-order chi connectivity index (χ1) is 14.7. The fourth-order valence-electron chi connectivity index (χ4n) is 3.56. The van der Waals surface area contributed by atoms with E-state index in [0.717, 1.165) is 39.4 Å². The number of carbonyl (C=O) groups is 2. The summed E-state index contributed by atoms with van der Waals surface area (Å²) in [5.41, 5.74) is -0.606. The first kappa shape index (κ1) is 22.9. The van der Waals surface area contributed by atoms with Gasteiger partial charge >= 0.3 is 18.1 Å². The summed E-state index contributed by atoms with van der Waals surface area (Å²) >= 11 is 0. The molecule has 2 aliphatic rings. The van der Waals surface area contributed by atoms with Gasteiger partial charge in [0.25, 0.3) is 0 Å². The Balaban J connectivity index is 2.17. The number of ether oxygens (including phenoxy) is 3. The summed E-state index contributed by atoms with van der Waals surface area (Å²) in [5.74, 6) is -1.69. The summed E-state index contributed by atoms with van der Waals surface area (Å²) in [5, 5.41) is 0. The van der Waals surface area contributed by atoms with Gasteiger partial charge in [0, 0.05) is 26.2 Å². The molecule has 1 fully saturated rings. The van der Waals surface area contributed by atoms with E-state index < -0.39 is 23.7 Å². The molecule has 0 atom stereocenters. The maximum absolute atomic E-state index is 13.5. The van der Waals surface area contributed by atoms with E-state index in [1.54, 1.807) is 0 Å². The van der Waals surface area contributed by atoms with Gasteiger partial charge in [0.1, 0.15) is 12.4 Å². The third kappa shape index (κ3) is 4.77. The van der Waals surface area contributed by atoms with E-state index in [4.69, 9.17) is 14.2 Å². The normalized spacial score (nSPS) is 18.3. The molecule has 0 bridgehead atoms. The maximum Gasteiger partial charge on any atom is 0.416 e. The van der Waals surface area contributed by atoms with Crippen LogP contribution in [0.2, 0.25) is 0 Å². The fourth-order valence-corrected chi connectivity index (χ4v) is 3.56. The molecule has 31 heavy (non-hydrogen) atoms. The van der Waals surface area contributed by atoms with E-state index in [9.17, 15) is 22.8 Å². The van der Waals surface area contributed by atoms with Gasteiger partial charge in [0.05, 0.1) is 43.3 Å². The molecule has 2 aliphatic heterocycles. The van der Waals surface area contributed by atoms with Gasteiger partial charge in [-0.25, -0.2) is 9.59 Å². The molecular formula is C20H24F3N3O5. The number of methoxy groups -OCH3 is 2. The van der Waals surface area contributed by atoms with Crippen LogP contribution < -0.4 is 9.80 Å². The van der Waals surface area contributed by atoms with Gasteiger partial charge in [-0.2, -0.15) is 13.2 Å². The van der Waals surface area contributed by atoms with Crippen molar-refractivity contribution in [2.45, 2.75) is 6.18 Å². The molecule has 1 aromatic rings. The number of benzene rings is 1. The van der Waals surface area contributed by atoms with Crippen LogP contribution in [-0.2, 0) is 30.0 Å². The number of nitrogens with zero attached hydrogens (tertiary/aromatic N) is 3. The second-order valence-electron chi connectivity index (χ2n) is 7.21. The van der Waals surface area contributed by atoms with Crippen molar-refractivity contribution in [3.8, 4) is 0 Å². The minimum atomic E-state index is -4.59. The molecule has 0 aliphatic carbocycles. The smallest absolute Gasteiger partial charge is 0.416 e. The van der Waals surface area contributed by atoms with E-state index in [2.05, 4.69) is 4.90 Å². The topological polar surface area (TPSA) is 71.6 Å². The van der Waals surface area contributed by atoms with Crippen LogP contribution in [0.5, 0.6) is 0 Å². The van der Waals surface area contributed by atoms with Gasteiger partial charge in [-0.15, -0.1) is 0 Å². The minimum Gasteiger partial charge on any atom is -0.466 e. The fraction of sp³-hybridized carbons (Fsp3) is 0.500. The summed E-state index contributed by atoms with van der Waals surface area (Å²) in [7, 11) is 4.23. The molecule has 2 heterocycles. The quantitative estimate of drug-likeness (QED) is 0.654. The molecular weight excluding hydrogens is 419 g/mol. The van der Waals surface area contributed by atoms with Crippen molar-refractivity contribution in [1.29, 1.82) is 0 Å². The number of carbonyl (C=O) groups excluding carboxylic acids is 2. The Morgan fingerprint density at radius 1 is 1.00 bits per heavy atom. The average molecular weight is 443 g/mol. The molecule has 1 aromatic carbocycles. The van der Waals surface area contributed by atoms with Gasteiger partial charge in [0.15, 0.2) is 0 Å². The van der Waals surface area contributed by atoms with Crippen LogP contribution in [0.1, 0.15) is 5.56 Å². The Hall–Kier alpha value is -2.79. The number of alkyl halides is 3. The number of rotatable bonds is 4. The van der Waals surface area contributed by atoms with E-state index in [-0.39, 0.29) is 30.3 Å². The summed E-state index contributed by atoms with van der Waals surface area (Å²) in [6.45, 7) is 2.17. The second kappa shape index (κ2) is 9.15. The van der Waals surface area contributed by atoms with Crippen LogP contribution in [0.15, 0.2) is 29.5 Å². The standard InChI is InChI=1S/C20H24F3N3O5/c1-24-6-8-25(9-7-24)15-5-4-13(20(21,22)23)10-16(15)26-12-31-11-14(18(27)29-2)17(26)19(28)30-3/h4-5,10H,6-9,11-12H2,1-3H3. The number of piperazine rings is 1. The van der Waals surface area contributed by atoms with Crippen molar-refractivity contribution >= 4 is 23.3 Å². The molecule has 0 radical (unpaired) electrons. The number of likely N-dealkylation sites (N-methyl/N-ethyl adjacent to an activating group) is 1. The van der Waals surface area contributed by atoms with Crippen LogP contribution in [0.25, 0.3) is 0 Å². The molecule has 0 amide bonds. The number of hydrogen-bond donors (Lipinski definition) is 0. The molecule has 8 nitrogen and oxygen atoms in total. The molecule has 0 aromatic heterocycles. The second-order valence-corrected chi connectivity index (χ2v) is 7.21. The van der Waals surface area contributed by atoms with Crippen molar-refractivity contribution in [1.82, 2.24) is 4.90 Å². The third-order valence-electron chi connectivity index (χ3n) is 5.27. The van der Waals surface area contributed by atoms with Crippen molar-refractivity contribution in [3.63, 3.8) is 0 Å². The Labute approximate surface area is 177 Å². The maximum atomic E-state index is 13.5. The number of anilines is 2. The van der Waals surface area contributed by atoms with Crippen molar-refractivity contribution in [2.75, 3.05) is 70.6 Å². The monoisotopic (exact) mass is 443 g/mol. The summed E-state index contributed by atoms with van der Waals surface area (Å²) < 4.78 is 55.5. The lowest BCUT2D eigenvalue weighted by atomic mass is 10.1. The van der Waals surface area contributed by atoms with Crippen LogP contribution in [-0.4, -0.2) is 77.6 Å². The Morgan fingerprint density at radius 2 is 1.65 bits per heavy atom. The molecule has 1 saturated heterocycles. The zero-order valence-corrected chi connectivity index (χ0v) is 17.5. The number of esters is 2. The Kier molecular flexibility index (Phi) is 6.75. The zero-order valence-electron chi connectivity index (χ0n) is 17.5. The Bertz CT molecular complexity index is 879. The molecule has 11 heteroatoms. The van der Waals surface area contributed by atoms with E-state index >= 15 is 0 Å². The predicted molar refractivity (Wildman–Crippen MR) is 106 cm³/mol. The van der Waals surface area contributed by atoms with Crippen LogP contribution in [0.3, 0.4) is 0 Å². The van der Waals surface area contributed by atoms with E-state index in [0.29, 0.717) is 18.8 Å². The number of halogens is 3. The molecule has 3 rings (SSSR count). The highest BCUT2D eigenvalue weighted by molar-refractivity contribution is 6.04. The van der Waals surface area contributed by atoms with E-state index in [1.807, 2.05) is 11.9 Å². The lowest BCUT2D eigenvalue weighted by molar-refractivity contribution is -0.140. The molecule has 0 unspecified atom stereocenters. The van der Waals surface area contributed by atoms with E-state index in [1.165, 1.54) is 11.0 Å². The van der Waals surface area contributed by atoms with Gasteiger partial charge < -0.3 is 28.9 Å². The highest BCUT2D eigenvalue weighted by Gasteiger charge is 2.37. The summed E-state index contributed by atoms with van der Waals surface area (Å²) in [4.78, 5) is 30.1. The molecule has 0 N–H and O–H groups in total. The van der Waals surface area contributed by atoms with Crippen LogP contribution in [0.4, 0.5) is 24.5 Å². The molecule has 0 spiro atoms. The van der Waals surface area contributed by atoms with Gasteiger partial charge in [-0.05, 0) is 25.2 Å². The first-order valence-electron chi connectivity index (χ1n) is 9.57. The predicted octanol–water partition coefficient (Wildman–Crippen LogP) is 1.85. The largest absolute Gasteiger partial charge is 0.466 e. The lowest BCUT2D eigenvalue weighted by Crippen LogP contribution is -2.45. The highest BCUT2D eigenvalue weighted by atomic mass is 19.4. The van der Waals surface area contributed by atoms with Gasteiger partial charge in [-0.1, -0.05) is 0 Å². The highest BCUT2D eigenvalue weighted by Crippen LogP contribution is 2.40. The van der Waals surface area contributed by atoms with Crippen molar-refractivity contribution in [2.24, 2.45) is 0 Å². The number of hydrogen-bond acceptors (Lipinski definition) is 8. The first-order valence-corrected chi connectivity index (χ1v) is 9.57. The third-order valence-corrected chi connectivity index (χ3v) is 5.27. The van der Waals surface area contributed by atoms with Crippen LogP contribution >= 0.6 is 0 Å².